The first-order valence-corrected chi connectivity index (χ1v) is 9.30. The van der Waals surface area contributed by atoms with Gasteiger partial charge in [-0.25, -0.2) is 4.79 Å². The molecule has 4 N–H and O–H groups in total. The van der Waals surface area contributed by atoms with Gasteiger partial charge in [0.1, 0.15) is 12.4 Å². The van der Waals surface area contributed by atoms with E-state index >= 15 is 0 Å². The Balaban J connectivity index is 0.000000203. The number of hydrogen-bond acceptors (Lipinski definition) is 6. The highest BCUT2D eigenvalue weighted by molar-refractivity contribution is 5.84. The van der Waals surface area contributed by atoms with Crippen molar-refractivity contribution in [2.24, 2.45) is 11.7 Å². The smallest absolute Gasteiger partial charge is 0.341 e. The lowest BCUT2D eigenvalue weighted by Crippen LogP contribution is -2.52. The summed E-state index contributed by atoms with van der Waals surface area (Å²) in [5.41, 5.74) is 11.8. The third-order valence-corrected chi connectivity index (χ3v) is 4.84. The van der Waals surface area contributed by atoms with Crippen LogP contribution in [-0.4, -0.2) is 18.6 Å². The molecule has 0 bridgehead atoms. The van der Waals surface area contributed by atoms with E-state index in [0.717, 1.165) is 42.7 Å². The van der Waals surface area contributed by atoms with E-state index in [-0.39, 0.29) is 5.92 Å². The van der Waals surface area contributed by atoms with E-state index in [0.29, 0.717) is 6.61 Å². The molecule has 0 amide bonds. The van der Waals surface area contributed by atoms with Gasteiger partial charge in [0, 0.05) is 11.6 Å². The first-order chi connectivity index (χ1) is 13.5. The Morgan fingerprint density at radius 2 is 1.75 bits per heavy atom. The normalized spacial score (nSPS) is 15.5. The molecule has 0 heterocycles. The zero-order valence-corrected chi connectivity index (χ0v) is 16.1. The second-order valence-electron chi connectivity index (χ2n) is 6.80. The van der Waals surface area contributed by atoms with Crippen LogP contribution in [0, 0.1) is 17.2 Å². The van der Waals surface area contributed by atoms with Crippen LogP contribution in [0.2, 0.25) is 0 Å². The summed E-state index contributed by atoms with van der Waals surface area (Å²) in [5.74, 6) is 0.194. The zero-order chi connectivity index (χ0) is 20.4. The van der Waals surface area contributed by atoms with Crippen LogP contribution in [0.25, 0.3) is 0 Å². The molecule has 0 radical (unpaired) electrons. The fraction of sp³-hybridized carbons (Fsp3) is 0.364. The largest absolute Gasteiger partial charge is 0.489 e. The fourth-order valence-electron chi connectivity index (χ4n) is 3.16. The van der Waals surface area contributed by atoms with Crippen LogP contribution in [0.4, 0.5) is 5.69 Å². The number of rotatable bonds is 5. The van der Waals surface area contributed by atoms with Gasteiger partial charge in [-0.3, -0.25) is 0 Å². The van der Waals surface area contributed by atoms with E-state index in [1.54, 1.807) is 0 Å². The molecule has 0 aliphatic heterocycles. The molecule has 0 spiro atoms. The molecule has 148 valence electrons. The van der Waals surface area contributed by atoms with Gasteiger partial charge in [0.25, 0.3) is 0 Å². The third-order valence-electron chi connectivity index (χ3n) is 4.84. The number of methoxy groups -OCH3 is 1. The van der Waals surface area contributed by atoms with Crippen molar-refractivity contribution < 1.29 is 14.3 Å². The number of nitrogens with two attached hydrogens (primary N) is 2. The molecule has 0 saturated heterocycles. The average molecular weight is 381 g/mol. The topological polar surface area (TPSA) is 111 Å². The Hall–Kier alpha value is -3.04. The van der Waals surface area contributed by atoms with Crippen LogP contribution in [0.5, 0.6) is 5.75 Å². The SMILES string of the molecule is COC(=O)C(N)(C#N)C1CCCC1.Nc1ccc(OCc2ccccc2)cc1. The standard InChI is InChI=1S/C13H13NO.C9H14N2O2/c14-12-6-8-13(9-7-12)15-10-11-4-2-1-3-5-11;1-13-8(12)9(11,6-10)7-4-2-3-5-7/h1-9H,10,14H2;7H,2-5,11H2,1H3. The summed E-state index contributed by atoms with van der Waals surface area (Å²) < 4.78 is 10.1. The molecule has 1 saturated carbocycles. The quantitative estimate of drug-likeness (QED) is 0.606. The Morgan fingerprint density at radius 1 is 1.14 bits per heavy atom. The number of nitriles is 1. The molecular formula is C22H27N3O3. The van der Waals surface area contributed by atoms with Gasteiger partial charge in [-0.1, -0.05) is 43.2 Å². The molecule has 6 nitrogen and oxygen atoms in total. The van der Waals surface area contributed by atoms with Crippen LogP contribution in [-0.2, 0) is 16.1 Å². The minimum Gasteiger partial charge on any atom is -0.489 e. The van der Waals surface area contributed by atoms with Crippen LogP contribution in [0.1, 0.15) is 31.2 Å². The van der Waals surface area contributed by atoms with Crippen molar-refractivity contribution in [3.05, 3.63) is 60.2 Å². The molecule has 1 atom stereocenters. The van der Waals surface area contributed by atoms with E-state index in [9.17, 15) is 4.79 Å². The molecule has 0 aromatic heterocycles. The maximum atomic E-state index is 11.3. The summed E-state index contributed by atoms with van der Waals surface area (Å²) in [6, 6.07) is 19.4. The second-order valence-corrected chi connectivity index (χ2v) is 6.80. The van der Waals surface area contributed by atoms with Crippen LogP contribution < -0.4 is 16.2 Å². The number of nitrogens with zero attached hydrogens (tertiary/aromatic N) is 1. The molecular weight excluding hydrogens is 354 g/mol. The van der Waals surface area contributed by atoms with E-state index < -0.39 is 11.5 Å². The van der Waals surface area contributed by atoms with Crippen molar-refractivity contribution in [1.82, 2.24) is 0 Å². The van der Waals surface area contributed by atoms with Crippen LogP contribution >= 0.6 is 0 Å². The Kier molecular flexibility index (Phi) is 7.85. The molecule has 3 rings (SSSR count). The van der Waals surface area contributed by atoms with E-state index in [1.165, 1.54) is 7.11 Å². The molecule has 1 aliphatic rings. The van der Waals surface area contributed by atoms with Crippen molar-refractivity contribution in [3.63, 3.8) is 0 Å². The van der Waals surface area contributed by atoms with Gasteiger partial charge < -0.3 is 20.9 Å². The minimum absolute atomic E-state index is 0.0371. The van der Waals surface area contributed by atoms with Crippen molar-refractivity contribution in [2.45, 2.75) is 37.8 Å². The van der Waals surface area contributed by atoms with Gasteiger partial charge in [0.2, 0.25) is 5.54 Å². The van der Waals surface area contributed by atoms with Gasteiger partial charge in [0.05, 0.1) is 13.2 Å². The number of anilines is 1. The van der Waals surface area contributed by atoms with Crippen LogP contribution in [0.15, 0.2) is 54.6 Å². The van der Waals surface area contributed by atoms with Gasteiger partial charge in [-0.15, -0.1) is 0 Å². The Labute approximate surface area is 166 Å². The summed E-state index contributed by atoms with van der Waals surface area (Å²) in [6.45, 7) is 0.588. The monoisotopic (exact) mass is 381 g/mol. The maximum absolute atomic E-state index is 11.3. The number of hydrogen-bond donors (Lipinski definition) is 2. The number of ether oxygens (including phenoxy) is 2. The summed E-state index contributed by atoms with van der Waals surface area (Å²) in [4.78, 5) is 11.3. The van der Waals surface area contributed by atoms with Crippen LogP contribution in [0.3, 0.4) is 0 Å². The predicted molar refractivity (Wildman–Crippen MR) is 108 cm³/mol. The number of carbonyl (C=O) groups is 1. The van der Waals surface area contributed by atoms with Gasteiger partial charge in [-0.2, -0.15) is 5.26 Å². The molecule has 2 aromatic carbocycles. The van der Waals surface area contributed by atoms with Gasteiger partial charge in [-0.05, 0) is 42.7 Å². The van der Waals surface area contributed by atoms with E-state index in [2.05, 4.69) is 4.74 Å². The first kappa shape index (κ1) is 21.3. The summed E-state index contributed by atoms with van der Waals surface area (Å²) in [5, 5.41) is 8.87. The lowest BCUT2D eigenvalue weighted by molar-refractivity contribution is -0.146. The molecule has 28 heavy (non-hydrogen) atoms. The van der Waals surface area contributed by atoms with E-state index in [4.69, 9.17) is 21.5 Å². The number of carbonyl (C=O) groups excluding carboxylic acids is 1. The van der Waals surface area contributed by atoms with Gasteiger partial charge >= 0.3 is 5.97 Å². The molecule has 1 fully saturated rings. The highest BCUT2D eigenvalue weighted by Gasteiger charge is 2.44. The first-order valence-electron chi connectivity index (χ1n) is 9.30. The van der Waals surface area contributed by atoms with Crippen molar-refractivity contribution in [1.29, 1.82) is 5.26 Å². The minimum atomic E-state index is -1.43. The van der Waals surface area contributed by atoms with Crippen molar-refractivity contribution >= 4 is 11.7 Å². The average Bonchev–Trinajstić information content (AvgIpc) is 3.29. The van der Waals surface area contributed by atoms with Crippen molar-refractivity contribution in [3.8, 4) is 11.8 Å². The number of nitrogen functional groups attached to an aromatic ring is 1. The zero-order valence-electron chi connectivity index (χ0n) is 16.1. The number of esters is 1. The lowest BCUT2D eigenvalue weighted by atomic mass is 9.85. The van der Waals surface area contributed by atoms with Gasteiger partial charge in [0.15, 0.2) is 0 Å². The lowest BCUT2D eigenvalue weighted by Gasteiger charge is -2.24. The predicted octanol–water partition coefficient (Wildman–Crippen LogP) is 3.42. The Bertz CT molecular complexity index is 781. The molecule has 1 aliphatic carbocycles. The molecule has 1 unspecified atom stereocenters. The number of benzene rings is 2. The fourth-order valence-corrected chi connectivity index (χ4v) is 3.16. The highest BCUT2D eigenvalue weighted by Crippen LogP contribution is 2.33. The third kappa shape index (κ3) is 5.73. The Morgan fingerprint density at radius 3 is 2.29 bits per heavy atom. The molecule has 2 aromatic rings. The maximum Gasteiger partial charge on any atom is 0.341 e. The summed E-state index contributed by atoms with van der Waals surface area (Å²) in [7, 11) is 1.26. The summed E-state index contributed by atoms with van der Waals surface area (Å²) in [6.07, 6.45) is 3.78. The molecule has 6 heteroatoms. The highest BCUT2D eigenvalue weighted by atomic mass is 16.5. The van der Waals surface area contributed by atoms with Crippen molar-refractivity contribution in [2.75, 3.05) is 12.8 Å². The second kappa shape index (κ2) is 10.3. The van der Waals surface area contributed by atoms with E-state index in [1.807, 2.05) is 60.7 Å². The summed E-state index contributed by atoms with van der Waals surface area (Å²) >= 11 is 0.